The van der Waals surface area contributed by atoms with E-state index in [-0.39, 0.29) is 17.3 Å². The lowest BCUT2D eigenvalue weighted by molar-refractivity contribution is -0.146. The average Bonchev–Trinajstić information content (AvgIpc) is 3.01. The molecular formula is C35H36F3N3O3. The van der Waals surface area contributed by atoms with Gasteiger partial charge in [-0.2, -0.15) is 13.2 Å². The van der Waals surface area contributed by atoms with E-state index >= 15 is 0 Å². The molecule has 0 saturated heterocycles. The number of hydrogen-bond donors (Lipinski definition) is 3. The van der Waals surface area contributed by atoms with Crippen molar-refractivity contribution in [3.05, 3.63) is 120 Å². The van der Waals surface area contributed by atoms with Crippen molar-refractivity contribution in [2.75, 3.05) is 30.3 Å². The lowest BCUT2D eigenvalue weighted by atomic mass is 9.92. The van der Waals surface area contributed by atoms with Crippen LogP contribution in [0.4, 0.5) is 24.5 Å². The molecule has 4 aromatic rings. The molecule has 0 aliphatic heterocycles. The van der Waals surface area contributed by atoms with Gasteiger partial charge in [0.2, 0.25) is 0 Å². The topological polar surface area (TPSA) is 79.5 Å². The van der Waals surface area contributed by atoms with Gasteiger partial charge in [-0.1, -0.05) is 74.5 Å². The summed E-state index contributed by atoms with van der Waals surface area (Å²) in [7, 11) is 0. The fourth-order valence-corrected chi connectivity index (χ4v) is 4.63. The second-order valence-corrected chi connectivity index (χ2v) is 11.1. The van der Waals surface area contributed by atoms with E-state index in [0.717, 1.165) is 23.4 Å². The predicted octanol–water partition coefficient (Wildman–Crippen LogP) is 7.96. The van der Waals surface area contributed by atoms with Gasteiger partial charge in [0.1, 0.15) is 6.04 Å². The van der Waals surface area contributed by atoms with Gasteiger partial charge in [0.05, 0.1) is 12.2 Å². The van der Waals surface area contributed by atoms with E-state index in [1.165, 1.54) is 12.1 Å². The Labute approximate surface area is 255 Å². The molecule has 0 saturated carbocycles. The van der Waals surface area contributed by atoms with E-state index in [1.54, 1.807) is 43.3 Å². The van der Waals surface area contributed by atoms with Crippen LogP contribution in [0.15, 0.2) is 103 Å². The number of ether oxygens (including phenoxy) is 1. The molecule has 0 radical (unpaired) electrons. The molecule has 0 aromatic heterocycles. The molecule has 1 atom stereocenters. The summed E-state index contributed by atoms with van der Waals surface area (Å²) in [6, 6.07) is 27.7. The quantitative estimate of drug-likeness (QED) is 0.143. The highest BCUT2D eigenvalue weighted by Crippen LogP contribution is 2.32. The van der Waals surface area contributed by atoms with Crippen molar-refractivity contribution in [3.8, 4) is 11.1 Å². The fourth-order valence-electron chi connectivity index (χ4n) is 4.63. The highest BCUT2D eigenvalue weighted by molar-refractivity contribution is 6.08. The highest BCUT2D eigenvalue weighted by Gasteiger charge is 2.30. The summed E-state index contributed by atoms with van der Waals surface area (Å²) >= 11 is 0. The lowest BCUT2D eigenvalue weighted by Crippen LogP contribution is -2.40. The van der Waals surface area contributed by atoms with E-state index in [4.69, 9.17) is 4.74 Å². The standard InChI is InChI=1S/C35H36F3N3O3/c1-4-44-33(43)31(25-10-6-5-7-11-25)40-23-34(2,3)22-39-27-18-20-28(21-19-27)41-32(42)30-13-9-8-12-29(30)24-14-16-26(17-15-24)35(36,37)38/h5-21,31,39-40H,4,22-23H2,1-3H3,(H,41,42). The lowest BCUT2D eigenvalue weighted by Gasteiger charge is -2.28. The number of esters is 1. The van der Waals surface area contributed by atoms with E-state index in [1.807, 2.05) is 42.5 Å². The number of anilines is 2. The van der Waals surface area contributed by atoms with Gasteiger partial charge in [0, 0.05) is 30.0 Å². The zero-order valence-corrected chi connectivity index (χ0v) is 24.9. The minimum atomic E-state index is -4.43. The summed E-state index contributed by atoms with van der Waals surface area (Å²) < 4.78 is 44.3. The molecule has 0 fully saturated rings. The highest BCUT2D eigenvalue weighted by atomic mass is 19.4. The molecule has 9 heteroatoms. The third-order valence-corrected chi connectivity index (χ3v) is 7.05. The summed E-state index contributed by atoms with van der Waals surface area (Å²) in [6.45, 7) is 7.41. The number of benzene rings is 4. The third kappa shape index (κ3) is 8.70. The van der Waals surface area contributed by atoms with Gasteiger partial charge in [0.25, 0.3) is 5.91 Å². The molecule has 0 aliphatic carbocycles. The van der Waals surface area contributed by atoms with Crippen molar-refractivity contribution in [1.29, 1.82) is 0 Å². The Bertz CT molecular complexity index is 1540. The second-order valence-electron chi connectivity index (χ2n) is 11.1. The third-order valence-electron chi connectivity index (χ3n) is 7.05. The minimum Gasteiger partial charge on any atom is -0.465 e. The van der Waals surface area contributed by atoms with Gasteiger partial charge in [0.15, 0.2) is 0 Å². The first-order valence-electron chi connectivity index (χ1n) is 14.3. The van der Waals surface area contributed by atoms with Gasteiger partial charge >= 0.3 is 12.1 Å². The Morgan fingerprint density at radius 3 is 2.02 bits per heavy atom. The van der Waals surface area contributed by atoms with Crippen LogP contribution in [0, 0.1) is 5.41 Å². The zero-order chi connectivity index (χ0) is 31.7. The van der Waals surface area contributed by atoms with Gasteiger partial charge < -0.3 is 20.7 Å². The van der Waals surface area contributed by atoms with Crippen LogP contribution >= 0.6 is 0 Å². The van der Waals surface area contributed by atoms with Crippen LogP contribution in [-0.4, -0.2) is 31.6 Å². The van der Waals surface area contributed by atoms with Crippen LogP contribution < -0.4 is 16.0 Å². The van der Waals surface area contributed by atoms with Crippen LogP contribution in [0.25, 0.3) is 11.1 Å². The van der Waals surface area contributed by atoms with Gasteiger partial charge in [-0.25, -0.2) is 4.79 Å². The predicted molar refractivity (Wildman–Crippen MR) is 167 cm³/mol. The maximum atomic E-state index is 13.1. The van der Waals surface area contributed by atoms with Crippen molar-refractivity contribution < 1.29 is 27.5 Å². The van der Waals surface area contributed by atoms with Crippen molar-refractivity contribution in [3.63, 3.8) is 0 Å². The van der Waals surface area contributed by atoms with Crippen molar-refractivity contribution in [2.45, 2.75) is 33.0 Å². The second kappa shape index (κ2) is 14.2. The first-order valence-corrected chi connectivity index (χ1v) is 14.3. The van der Waals surface area contributed by atoms with Crippen molar-refractivity contribution in [2.24, 2.45) is 5.41 Å². The Kier molecular flexibility index (Phi) is 10.4. The van der Waals surface area contributed by atoms with Crippen LogP contribution in [0.1, 0.15) is 48.3 Å². The van der Waals surface area contributed by atoms with E-state index in [0.29, 0.717) is 42.1 Å². The number of carbonyl (C=O) groups excluding carboxylic acids is 2. The fraction of sp³-hybridized carbons (Fsp3) is 0.257. The number of carbonyl (C=O) groups is 2. The first kappa shape index (κ1) is 32.3. The summed E-state index contributed by atoms with van der Waals surface area (Å²) in [5.74, 6) is -0.690. The van der Waals surface area contributed by atoms with Crippen LogP contribution in [-0.2, 0) is 15.7 Å². The Morgan fingerprint density at radius 1 is 0.773 bits per heavy atom. The van der Waals surface area contributed by atoms with Crippen LogP contribution in [0.3, 0.4) is 0 Å². The van der Waals surface area contributed by atoms with Gasteiger partial charge in [-0.3, -0.25) is 4.79 Å². The number of amides is 1. The molecule has 1 unspecified atom stereocenters. The molecule has 0 aliphatic rings. The number of nitrogens with one attached hydrogen (secondary N) is 3. The number of rotatable bonds is 12. The maximum absolute atomic E-state index is 13.1. The number of alkyl halides is 3. The van der Waals surface area contributed by atoms with E-state index in [9.17, 15) is 22.8 Å². The largest absolute Gasteiger partial charge is 0.465 e. The van der Waals surface area contributed by atoms with Gasteiger partial charge in [-0.05, 0) is 71.5 Å². The van der Waals surface area contributed by atoms with Crippen LogP contribution in [0.2, 0.25) is 0 Å². The van der Waals surface area contributed by atoms with Crippen molar-refractivity contribution >= 4 is 23.3 Å². The summed E-state index contributed by atoms with van der Waals surface area (Å²) in [5, 5.41) is 9.64. The molecule has 4 aromatic carbocycles. The molecule has 1 amide bonds. The SMILES string of the molecule is CCOC(=O)C(NCC(C)(C)CNc1ccc(NC(=O)c2ccccc2-c2ccc(C(F)(F)F)cc2)cc1)c1ccccc1. The zero-order valence-electron chi connectivity index (χ0n) is 24.9. The van der Waals surface area contributed by atoms with E-state index < -0.39 is 17.8 Å². The molecule has 0 spiro atoms. The van der Waals surface area contributed by atoms with Gasteiger partial charge in [-0.15, -0.1) is 0 Å². The minimum absolute atomic E-state index is 0.228. The molecule has 4 rings (SSSR count). The summed E-state index contributed by atoms with van der Waals surface area (Å²) in [4.78, 5) is 25.8. The molecule has 0 bridgehead atoms. The average molecular weight is 604 g/mol. The molecule has 0 heterocycles. The normalized spacial score (nSPS) is 12.3. The summed E-state index contributed by atoms with van der Waals surface area (Å²) in [6.07, 6.45) is -4.43. The van der Waals surface area contributed by atoms with E-state index in [2.05, 4.69) is 29.8 Å². The molecule has 230 valence electrons. The van der Waals surface area contributed by atoms with Crippen LogP contribution in [0.5, 0.6) is 0 Å². The molecule has 3 N–H and O–H groups in total. The first-order chi connectivity index (χ1) is 21.0. The number of halogens is 3. The number of hydrogen-bond acceptors (Lipinski definition) is 5. The summed E-state index contributed by atoms with van der Waals surface area (Å²) in [5.41, 5.74) is 2.69. The molecular weight excluding hydrogens is 567 g/mol. The molecule has 6 nitrogen and oxygen atoms in total. The Morgan fingerprint density at radius 2 is 1.39 bits per heavy atom. The monoisotopic (exact) mass is 603 g/mol. The Hall–Kier alpha value is -4.63. The maximum Gasteiger partial charge on any atom is 0.416 e. The Balaban J connectivity index is 1.35. The smallest absolute Gasteiger partial charge is 0.416 e. The van der Waals surface area contributed by atoms with Crippen molar-refractivity contribution in [1.82, 2.24) is 5.32 Å². The molecule has 44 heavy (non-hydrogen) atoms.